The molecule has 0 saturated carbocycles. The van der Waals surface area contributed by atoms with Crippen molar-refractivity contribution in [2.45, 2.75) is 40.3 Å². The van der Waals surface area contributed by atoms with Gasteiger partial charge in [-0.25, -0.2) is 0 Å². The minimum Gasteiger partial charge on any atom is -0.481 e. The van der Waals surface area contributed by atoms with Crippen molar-refractivity contribution in [3.63, 3.8) is 0 Å². The van der Waals surface area contributed by atoms with Gasteiger partial charge in [-0.3, -0.25) is 19.3 Å². The molecule has 4 heterocycles. The Labute approximate surface area is 207 Å². The lowest BCUT2D eigenvalue weighted by molar-refractivity contribution is -0.141. The molecule has 0 bridgehead atoms. The Hall–Kier alpha value is -3.85. The second-order valence-corrected chi connectivity index (χ2v) is 9.95. The molecule has 2 atom stereocenters. The van der Waals surface area contributed by atoms with Gasteiger partial charge in [0.15, 0.2) is 5.82 Å². The third kappa shape index (κ3) is 4.12. The van der Waals surface area contributed by atoms with Crippen LogP contribution in [-0.4, -0.2) is 36.5 Å². The summed E-state index contributed by atoms with van der Waals surface area (Å²) in [7, 11) is 0. The SMILES string of the molecule is Cc1sc2c(c1C)C(c1ccc(NCc3cccnc3)cc1)=NC([C@H](C)C(=O)O)c1nnc(C)n1-2. The number of anilines is 1. The smallest absolute Gasteiger partial charge is 0.308 e. The third-order valence-electron chi connectivity index (χ3n) is 6.43. The maximum atomic E-state index is 12.0. The minimum atomic E-state index is -0.918. The second-order valence-electron chi connectivity index (χ2n) is 8.75. The van der Waals surface area contributed by atoms with Gasteiger partial charge in [0.2, 0.25) is 0 Å². The van der Waals surface area contributed by atoms with E-state index in [4.69, 9.17) is 4.99 Å². The lowest BCUT2D eigenvalue weighted by atomic mass is 9.98. The number of nitrogens with one attached hydrogen (secondary N) is 1. The van der Waals surface area contributed by atoms with Crippen LogP contribution < -0.4 is 5.32 Å². The molecule has 3 aromatic heterocycles. The van der Waals surface area contributed by atoms with Crippen LogP contribution in [0.3, 0.4) is 0 Å². The molecule has 8 nitrogen and oxygen atoms in total. The summed E-state index contributed by atoms with van der Waals surface area (Å²) in [4.78, 5) is 22.4. The fourth-order valence-electron chi connectivity index (χ4n) is 4.27. The first-order valence-electron chi connectivity index (χ1n) is 11.4. The van der Waals surface area contributed by atoms with Crippen LogP contribution in [0.15, 0.2) is 53.8 Å². The number of aliphatic imine (C=N–C) groups is 1. The van der Waals surface area contributed by atoms with E-state index in [0.717, 1.165) is 44.5 Å². The maximum absolute atomic E-state index is 12.0. The average Bonchev–Trinajstić information content (AvgIpc) is 3.33. The number of carbonyl (C=O) groups is 1. The molecular weight excluding hydrogens is 460 g/mol. The Morgan fingerprint density at radius 1 is 1.17 bits per heavy atom. The zero-order valence-electron chi connectivity index (χ0n) is 20.0. The molecule has 2 N–H and O–H groups in total. The number of nitrogens with zero attached hydrogens (tertiary/aromatic N) is 5. The van der Waals surface area contributed by atoms with Crippen LogP contribution in [0.1, 0.15) is 51.7 Å². The van der Waals surface area contributed by atoms with Gasteiger partial charge in [0.25, 0.3) is 0 Å². The quantitative estimate of drug-likeness (QED) is 0.403. The fourth-order valence-corrected chi connectivity index (χ4v) is 5.48. The van der Waals surface area contributed by atoms with E-state index in [1.54, 1.807) is 24.5 Å². The van der Waals surface area contributed by atoms with Crippen molar-refractivity contribution in [2.75, 3.05) is 5.32 Å². The molecule has 35 heavy (non-hydrogen) atoms. The topological polar surface area (TPSA) is 105 Å². The van der Waals surface area contributed by atoms with Crippen LogP contribution in [0.2, 0.25) is 0 Å². The normalized spacial score (nSPS) is 15.5. The number of rotatable bonds is 6. The van der Waals surface area contributed by atoms with Crippen LogP contribution >= 0.6 is 11.3 Å². The van der Waals surface area contributed by atoms with Crippen molar-refractivity contribution in [1.29, 1.82) is 0 Å². The van der Waals surface area contributed by atoms with Gasteiger partial charge in [-0.15, -0.1) is 21.5 Å². The van der Waals surface area contributed by atoms with E-state index in [1.165, 1.54) is 4.88 Å². The highest BCUT2D eigenvalue weighted by molar-refractivity contribution is 7.15. The number of hydrogen-bond donors (Lipinski definition) is 2. The molecule has 178 valence electrons. The highest BCUT2D eigenvalue weighted by Crippen LogP contribution is 2.40. The highest BCUT2D eigenvalue weighted by atomic mass is 32.1. The third-order valence-corrected chi connectivity index (χ3v) is 7.62. The highest BCUT2D eigenvalue weighted by Gasteiger charge is 2.36. The van der Waals surface area contributed by atoms with Crippen LogP contribution in [-0.2, 0) is 11.3 Å². The number of aryl methyl sites for hydroxylation is 2. The van der Waals surface area contributed by atoms with E-state index < -0.39 is 17.9 Å². The molecular formula is C26H26N6O2S. The number of hydrogen-bond acceptors (Lipinski definition) is 7. The maximum Gasteiger partial charge on any atom is 0.308 e. The van der Waals surface area contributed by atoms with E-state index in [0.29, 0.717) is 12.4 Å². The number of benzene rings is 1. The molecule has 4 aromatic rings. The molecule has 5 rings (SSSR count). The standard InChI is InChI=1S/C26H26N6O2S/c1-14-16(3)35-25-21(14)23(29-22(15(2)26(33)34)24-31-30-17(4)32(24)25)19-7-9-20(10-8-19)28-13-18-6-5-11-27-12-18/h5-12,15,22,28H,13H2,1-4H3,(H,33,34)/t15-,22?/m0/s1. The molecule has 0 saturated heterocycles. The van der Waals surface area contributed by atoms with Crippen LogP contribution in [0.5, 0.6) is 0 Å². The molecule has 1 aliphatic heterocycles. The zero-order chi connectivity index (χ0) is 24.7. The average molecular weight is 487 g/mol. The van der Waals surface area contributed by atoms with Crippen molar-refractivity contribution < 1.29 is 9.90 Å². The number of pyridine rings is 1. The molecule has 9 heteroatoms. The Kier molecular flexibility index (Phi) is 5.94. The Morgan fingerprint density at radius 3 is 2.63 bits per heavy atom. The van der Waals surface area contributed by atoms with Crippen molar-refractivity contribution in [3.8, 4) is 5.00 Å². The van der Waals surface area contributed by atoms with Gasteiger partial charge in [0.1, 0.15) is 16.9 Å². The first-order chi connectivity index (χ1) is 16.8. The first kappa shape index (κ1) is 22.9. The summed E-state index contributed by atoms with van der Waals surface area (Å²) in [5.74, 6) is -0.400. The van der Waals surface area contributed by atoms with Crippen molar-refractivity contribution >= 4 is 28.7 Å². The Balaban J connectivity index is 1.58. The second kappa shape index (κ2) is 9.07. The monoisotopic (exact) mass is 486 g/mol. The molecule has 0 radical (unpaired) electrons. The molecule has 0 spiro atoms. The number of carboxylic acids is 1. The predicted octanol–water partition coefficient (Wildman–Crippen LogP) is 4.87. The Morgan fingerprint density at radius 2 is 1.94 bits per heavy atom. The summed E-state index contributed by atoms with van der Waals surface area (Å²) in [5.41, 5.74) is 5.93. The Bertz CT molecular complexity index is 1420. The number of fused-ring (bicyclic) bond motifs is 3. The summed E-state index contributed by atoms with van der Waals surface area (Å²) in [6.45, 7) is 8.41. The number of aromatic nitrogens is 4. The van der Waals surface area contributed by atoms with Gasteiger partial charge >= 0.3 is 5.97 Å². The van der Waals surface area contributed by atoms with E-state index in [-0.39, 0.29) is 0 Å². The minimum absolute atomic E-state index is 0.560. The molecule has 1 aromatic carbocycles. The number of aliphatic carboxylic acids is 1. The van der Waals surface area contributed by atoms with E-state index in [9.17, 15) is 9.90 Å². The number of carboxylic acid groups (broad SMARTS) is 1. The van der Waals surface area contributed by atoms with E-state index >= 15 is 0 Å². The van der Waals surface area contributed by atoms with Crippen LogP contribution in [0.25, 0.3) is 5.00 Å². The van der Waals surface area contributed by atoms with Gasteiger partial charge in [-0.05, 0) is 57.0 Å². The molecule has 1 aliphatic rings. The molecule has 1 unspecified atom stereocenters. The van der Waals surface area contributed by atoms with Crippen molar-refractivity contribution in [3.05, 3.63) is 87.6 Å². The van der Waals surface area contributed by atoms with E-state index in [1.807, 2.05) is 54.1 Å². The van der Waals surface area contributed by atoms with Crippen molar-refractivity contribution in [1.82, 2.24) is 19.7 Å². The lowest BCUT2D eigenvalue weighted by Crippen LogP contribution is -2.21. The van der Waals surface area contributed by atoms with Crippen LogP contribution in [0.4, 0.5) is 5.69 Å². The summed E-state index contributed by atoms with van der Waals surface area (Å²) in [6.07, 6.45) is 3.60. The lowest BCUT2D eigenvalue weighted by Gasteiger charge is -2.16. The first-order valence-corrected chi connectivity index (χ1v) is 12.2. The zero-order valence-corrected chi connectivity index (χ0v) is 20.8. The molecule has 0 aliphatic carbocycles. The van der Waals surface area contributed by atoms with Gasteiger partial charge < -0.3 is 10.4 Å². The van der Waals surface area contributed by atoms with Crippen LogP contribution in [0, 0.1) is 26.7 Å². The van der Waals surface area contributed by atoms with E-state index in [2.05, 4.69) is 34.3 Å². The summed E-state index contributed by atoms with van der Waals surface area (Å²) >= 11 is 1.66. The largest absolute Gasteiger partial charge is 0.481 e. The summed E-state index contributed by atoms with van der Waals surface area (Å²) in [6, 6.07) is 11.4. The number of thiophene rings is 1. The summed E-state index contributed by atoms with van der Waals surface area (Å²) in [5, 5.41) is 22.9. The fraction of sp³-hybridized carbons (Fsp3) is 0.269. The summed E-state index contributed by atoms with van der Waals surface area (Å²) < 4.78 is 1.98. The molecule has 0 amide bonds. The van der Waals surface area contributed by atoms with Gasteiger partial charge in [-0.1, -0.05) is 18.2 Å². The van der Waals surface area contributed by atoms with Gasteiger partial charge in [0, 0.05) is 40.6 Å². The predicted molar refractivity (Wildman–Crippen MR) is 137 cm³/mol. The van der Waals surface area contributed by atoms with Gasteiger partial charge in [0.05, 0.1) is 11.6 Å². The molecule has 0 fully saturated rings. The van der Waals surface area contributed by atoms with Gasteiger partial charge in [-0.2, -0.15) is 0 Å². The van der Waals surface area contributed by atoms with Crippen molar-refractivity contribution in [2.24, 2.45) is 10.9 Å².